The summed E-state index contributed by atoms with van der Waals surface area (Å²) in [5.74, 6) is 0.763. The van der Waals surface area contributed by atoms with Gasteiger partial charge >= 0.3 is 0 Å². The molecule has 0 aliphatic carbocycles. The highest BCUT2D eigenvalue weighted by atomic mass is 16.6. The Morgan fingerprint density at radius 1 is 1.19 bits per heavy atom. The molecule has 0 spiro atoms. The van der Waals surface area contributed by atoms with E-state index in [-0.39, 0.29) is 16.7 Å². The Morgan fingerprint density at radius 2 is 2.00 bits per heavy atom. The molecule has 1 aliphatic rings. The molecule has 27 heavy (non-hydrogen) atoms. The van der Waals surface area contributed by atoms with Crippen molar-refractivity contribution in [2.45, 2.75) is 25.9 Å². The topological polar surface area (TPSA) is 77.3 Å². The van der Waals surface area contributed by atoms with Gasteiger partial charge in [0.2, 0.25) is 0 Å². The lowest BCUT2D eigenvalue weighted by molar-refractivity contribution is -0.385. The average molecular weight is 363 g/mol. The molecule has 0 atom stereocenters. The fraction of sp³-hybridized carbons (Fsp3) is 0.286. The van der Waals surface area contributed by atoms with Crippen molar-refractivity contribution in [1.82, 2.24) is 10.3 Å². The molecule has 0 amide bonds. The molecule has 1 fully saturated rings. The molecule has 6 heteroatoms. The number of aryl methyl sites for hydroxylation is 1. The number of fused-ring (bicyclic) bond motifs is 1. The second-order valence-electron chi connectivity index (χ2n) is 6.86. The lowest BCUT2D eigenvalue weighted by Crippen LogP contribution is -2.34. The van der Waals surface area contributed by atoms with Crippen LogP contribution >= 0.6 is 0 Å². The third kappa shape index (κ3) is 3.48. The highest BCUT2D eigenvalue weighted by molar-refractivity contribution is 5.99. The fourth-order valence-corrected chi connectivity index (χ4v) is 3.60. The summed E-state index contributed by atoms with van der Waals surface area (Å²) < 4.78 is 6.35. The number of nitrogens with one attached hydrogen (secondary N) is 1. The Bertz CT molecular complexity index is 997. The van der Waals surface area contributed by atoms with Gasteiger partial charge in [0.1, 0.15) is 11.9 Å². The molecule has 0 unspecified atom stereocenters. The molecule has 0 bridgehead atoms. The number of piperidine rings is 1. The number of nitrogens with zero attached hydrogens (tertiary/aromatic N) is 2. The summed E-state index contributed by atoms with van der Waals surface area (Å²) in [5, 5.41) is 16.7. The van der Waals surface area contributed by atoms with Gasteiger partial charge < -0.3 is 10.1 Å². The van der Waals surface area contributed by atoms with E-state index in [0.29, 0.717) is 5.56 Å². The van der Waals surface area contributed by atoms with E-state index in [9.17, 15) is 10.1 Å². The van der Waals surface area contributed by atoms with Gasteiger partial charge in [-0.15, -0.1) is 0 Å². The Kier molecular flexibility index (Phi) is 4.73. The zero-order valence-electron chi connectivity index (χ0n) is 15.1. The molecule has 1 aliphatic heterocycles. The summed E-state index contributed by atoms with van der Waals surface area (Å²) in [7, 11) is 0. The monoisotopic (exact) mass is 363 g/mol. The minimum Gasteiger partial charge on any atom is -0.490 e. The molecule has 2 heterocycles. The van der Waals surface area contributed by atoms with Gasteiger partial charge in [0.15, 0.2) is 0 Å². The number of ether oxygens (including phenoxy) is 1. The third-order valence-corrected chi connectivity index (χ3v) is 5.06. The predicted octanol–water partition coefficient (Wildman–Crippen LogP) is 4.25. The van der Waals surface area contributed by atoms with Gasteiger partial charge in [-0.2, -0.15) is 0 Å². The summed E-state index contributed by atoms with van der Waals surface area (Å²) in [6.07, 6.45) is 5.58. The zero-order valence-corrected chi connectivity index (χ0v) is 15.1. The minimum absolute atomic E-state index is 0.117. The van der Waals surface area contributed by atoms with Gasteiger partial charge in [-0.25, -0.2) is 0 Å². The summed E-state index contributed by atoms with van der Waals surface area (Å²) in [4.78, 5) is 15.3. The van der Waals surface area contributed by atoms with Crippen LogP contribution in [0.5, 0.6) is 5.75 Å². The number of pyridine rings is 1. The first-order chi connectivity index (χ1) is 13.1. The van der Waals surface area contributed by atoms with Gasteiger partial charge in [0.05, 0.1) is 4.92 Å². The van der Waals surface area contributed by atoms with Crippen LogP contribution in [0.15, 0.2) is 48.8 Å². The van der Waals surface area contributed by atoms with Gasteiger partial charge in [0, 0.05) is 35.0 Å². The SMILES string of the molecule is Cc1ccc(-c2c(OC3CCNCC3)ccc3cnccc23)cc1[N+](=O)[O-]. The molecule has 138 valence electrons. The summed E-state index contributed by atoms with van der Waals surface area (Å²) in [5.41, 5.74) is 2.43. The van der Waals surface area contributed by atoms with Crippen molar-refractivity contribution in [3.05, 3.63) is 64.5 Å². The largest absolute Gasteiger partial charge is 0.490 e. The first kappa shape index (κ1) is 17.4. The number of hydrogen-bond acceptors (Lipinski definition) is 5. The van der Waals surface area contributed by atoms with E-state index in [1.165, 1.54) is 0 Å². The normalized spacial score (nSPS) is 15.0. The number of nitro groups is 1. The highest BCUT2D eigenvalue weighted by Gasteiger charge is 2.20. The van der Waals surface area contributed by atoms with Gasteiger partial charge in [-0.3, -0.25) is 15.1 Å². The molecule has 6 nitrogen and oxygen atoms in total. The molecular weight excluding hydrogens is 342 g/mol. The van der Waals surface area contributed by atoms with E-state index in [1.807, 2.05) is 24.3 Å². The van der Waals surface area contributed by atoms with Gasteiger partial charge in [0.25, 0.3) is 5.69 Å². The number of benzene rings is 2. The number of aromatic nitrogens is 1. The minimum atomic E-state index is -0.334. The zero-order chi connectivity index (χ0) is 18.8. The van der Waals surface area contributed by atoms with Crippen LogP contribution in [0.3, 0.4) is 0 Å². The Balaban J connectivity index is 1.87. The van der Waals surface area contributed by atoms with Crippen LogP contribution in [0.1, 0.15) is 18.4 Å². The predicted molar refractivity (Wildman–Crippen MR) is 105 cm³/mol. The van der Waals surface area contributed by atoms with Crippen LogP contribution in [-0.4, -0.2) is 29.1 Å². The van der Waals surface area contributed by atoms with E-state index >= 15 is 0 Å². The van der Waals surface area contributed by atoms with Crippen molar-refractivity contribution in [2.75, 3.05) is 13.1 Å². The summed E-state index contributed by atoms with van der Waals surface area (Å²) in [6, 6.07) is 11.2. The average Bonchev–Trinajstić information content (AvgIpc) is 2.69. The second kappa shape index (κ2) is 7.32. The Labute approximate surface area is 157 Å². The summed E-state index contributed by atoms with van der Waals surface area (Å²) in [6.45, 7) is 3.63. The van der Waals surface area contributed by atoms with Crippen molar-refractivity contribution in [2.24, 2.45) is 0 Å². The Morgan fingerprint density at radius 3 is 2.78 bits per heavy atom. The second-order valence-corrected chi connectivity index (χ2v) is 6.86. The maximum Gasteiger partial charge on any atom is 0.272 e. The first-order valence-corrected chi connectivity index (χ1v) is 9.13. The molecule has 2 aromatic carbocycles. The van der Waals surface area contributed by atoms with Crippen LogP contribution in [0.4, 0.5) is 5.69 Å². The molecule has 1 N–H and O–H groups in total. The number of nitro benzene ring substituents is 1. The van der Waals surface area contributed by atoms with Crippen molar-refractivity contribution < 1.29 is 9.66 Å². The van der Waals surface area contributed by atoms with Crippen molar-refractivity contribution >= 4 is 16.5 Å². The van der Waals surface area contributed by atoms with Crippen LogP contribution in [-0.2, 0) is 0 Å². The molecule has 1 aromatic heterocycles. The molecule has 1 saturated heterocycles. The molecule has 0 saturated carbocycles. The lowest BCUT2D eigenvalue weighted by Gasteiger charge is -2.25. The van der Waals surface area contributed by atoms with Crippen molar-refractivity contribution in [3.8, 4) is 16.9 Å². The quantitative estimate of drug-likeness (QED) is 0.554. The maximum atomic E-state index is 11.4. The van der Waals surface area contributed by atoms with Gasteiger partial charge in [-0.1, -0.05) is 12.1 Å². The number of hydrogen-bond donors (Lipinski definition) is 1. The van der Waals surface area contributed by atoms with Crippen molar-refractivity contribution in [1.29, 1.82) is 0 Å². The lowest BCUT2D eigenvalue weighted by atomic mass is 9.96. The van der Waals surface area contributed by atoms with E-state index in [4.69, 9.17) is 4.74 Å². The van der Waals surface area contributed by atoms with Crippen LogP contribution < -0.4 is 10.1 Å². The van der Waals surface area contributed by atoms with Crippen molar-refractivity contribution in [3.63, 3.8) is 0 Å². The summed E-state index contributed by atoms with van der Waals surface area (Å²) >= 11 is 0. The van der Waals surface area contributed by atoms with Crippen LogP contribution in [0.2, 0.25) is 0 Å². The molecular formula is C21H21N3O3. The van der Waals surface area contributed by atoms with Crippen LogP contribution in [0, 0.1) is 17.0 Å². The molecule has 4 rings (SSSR count). The Hall–Kier alpha value is -2.99. The standard InChI is InChI=1S/C21H21N3O3/c1-14-2-3-15(12-19(14)24(25)26)21-18-8-11-23-13-16(18)4-5-20(21)27-17-6-9-22-10-7-17/h2-5,8,11-13,17,22H,6-7,9-10H2,1H3. The maximum absolute atomic E-state index is 11.4. The van der Waals surface area contributed by atoms with E-state index in [1.54, 1.807) is 31.5 Å². The van der Waals surface area contributed by atoms with E-state index < -0.39 is 0 Å². The number of rotatable bonds is 4. The molecule has 0 radical (unpaired) electrons. The molecule has 3 aromatic rings. The van der Waals surface area contributed by atoms with Crippen LogP contribution in [0.25, 0.3) is 21.9 Å². The fourth-order valence-electron chi connectivity index (χ4n) is 3.60. The smallest absolute Gasteiger partial charge is 0.272 e. The third-order valence-electron chi connectivity index (χ3n) is 5.06. The first-order valence-electron chi connectivity index (χ1n) is 9.13. The van der Waals surface area contributed by atoms with E-state index in [2.05, 4.69) is 10.3 Å². The van der Waals surface area contributed by atoms with Gasteiger partial charge in [-0.05, 0) is 62.0 Å². The van der Waals surface area contributed by atoms with E-state index in [0.717, 1.165) is 53.6 Å². The highest BCUT2D eigenvalue weighted by Crippen LogP contribution is 2.39.